The fourth-order valence-electron chi connectivity index (χ4n) is 2.17. The number of pyridine rings is 1. The summed E-state index contributed by atoms with van der Waals surface area (Å²) in [7, 11) is 0. The van der Waals surface area contributed by atoms with Crippen molar-refractivity contribution in [3.05, 3.63) is 52.8 Å². The van der Waals surface area contributed by atoms with E-state index >= 15 is 0 Å². The SMILES string of the molecule is CC[C@@H](N)c1ccc(Oc2c(C)cc(C#N)cc2C)cn1. The van der Waals surface area contributed by atoms with Gasteiger partial charge in [-0.3, -0.25) is 4.98 Å². The Bertz CT molecular complexity index is 648. The van der Waals surface area contributed by atoms with Crippen LogP contribution < -0.4 is 10.5 Å². The Kier molecular flexibility index (Phi) is 4.56. The Balaban J connectivity index is 2.25. The van der Waals surface area contributed by atoms with E-state index in [-0.39, 0.29) is 6.04 Å². The molecule has 0 saturated carbocycles. The number of aryl methyl sites for hydroxylation is 2. The third-order valence-electron chi connectivity index (χ3n) is 3.39. The van der Waals surface area contributed by atoms with E-state index in [9.17, 15) is 0 Å². The van der Waals surface area contributed by atoms with Crippen molar-refractivity contribution in [1.29, 1.82) is 5.26 Å². The molecule has 0 aliphatic carbocycles. The van der Waals surface area contributed by atoms with Gasteiger partial charge in [0.2, 0.25) is 0 Å². The highest BCUT2D eigenvalue weighted by Crippen LogP contribution is 2.29. The van der Waals surface area contributed by atoms with Gasteiger partial charge in [-0.05, 0) is 55.7 Å². The van der Waals surface area contributed by atoms with Crippen molar-refractivity contribution >= 4 is 0 Å². The summed E-state index contributed by atoms with van der Waals surface area (Å²) in [5.41, 5.74) is 9.30. The van der Waals surface area contributed by atoms with Crippen LogP contribution in [-0.2, 0) is 0 Å². The molecule has 21 heavy (non-hydrogen) atoms. The molecule has 2 rings (SSSR count). The van der Waals surface area contributed by atoms with E-state index in [0.717, 1.165) is 29.0 Å². The van der Waals surface area contributed by atoms with E-state index in [1.807, 2.05) is 45.0 Å². The molecular formula is C17H19N3O. The average molecular weight is 281 g/mol. The Labute approximate surface area is 125 Å². The molecule has 0 aliphatic rings. The maximum absolute atomic E-state index is 8.96. The zero-order chi connectivity index (χ0) is 15.4. The van der Waals surface area contributed by atoms with Gasteiger partial charge in [0.1, 0.15) is 11.5 Å². The Morgan fingerprint density at radius 3 is 2.43 bits per heavy atom. The van der Waals surface area contributed by atoms with E-state index in [2.05, 4.69) is 11.1 Å². The highest BCUT2D eigenvalue weighted by Gasteiger charge is 2.09. The summed E-state index contributed by atoms with van der Waals surface area (Å²) in [6.07, 6.45) is 2.53. The first-order valence-electron chi connectivity index (χ1n) is 6.96. The highest BCUT2D eigenvalue weighted by atomic mass is 16.5. The second kappa shape index (κ2) is 6.38. The van der Waals surface area contributed by atoms with Gasteiger partial charge < -0.3 is 10.5 Å². The standard InChI is InChI=1S/C17H19N3O/c1-4-15(19)16-6-5-14(10-20-16)21-17-11(2)7-13(9-18)8-12(17)3/h5-8,10,15H,4,19H2,1-3H3/t15-/m1/s1. The van der Waals surface area contributed by atoms with Crippen LogP contribution in [0.5, 0.6) is 11.5 Å². The van der Waals surface area contributed by atoms with Gasteiger partial charge in [0.25, 0.3) is 0 Å². The molecule has 0 fully saturated rings. The Morgan fingerprint density at radius 2 is 1.95 bits per heavy atom. The van der Waals surface area contributed by atoms with E-state index in [4.69, 9.17) is 15.7 Å². The fourth-order valence-corrected chi connectivity index (χ4v) is 2.17. The van der Waals surface area contributed by atoms with Crippen LogP contribution in [0.4, 0.5) is 0 Å². The topological polar surface area (TPSA) is 71.9 Å². The fraction of sp³-hybridized carbons (Fsp3) is 0.294. The second-order valence-electron chi connectivity index (χ2n) is 5.09. The predicted molar refractivity (Wildman–Crippen MR) is 82.2 cm³/mol. The zero-order valence-corrected chi connectivity index (χ0v) is 12.6. The highest BCUT2D eigenvalue weighted by molar-refractivity contribution is 5.48. The molecule has 0 aliphatic heterocycles. The van der Waals surface area contributed by atoms with Crippen LogP contribution in [0.2, 0.25) is 0 Å². The summed E-state index contributed by atoms with van der Waals surface area (Å²) in [5, 5.41) is 8.96. The minimum Gasteiger partial charge on any atom is -0.455 e. The number of hydrogen-bond acceptors (Lipinski definition) is 4. The van der Waals surface area contributed by atoms with Gasteiger partial charge in [0.15, 0.2) is 0 Å². The first-order valence-corrected chi connectivity index (χ1v) is 6.96. The van der Waals surface area contributed by atoms with Gasteiger partial charge in [-0.1, -0.05) is 6.92 Å². The minimum atomic E-state index is -0.0440. The quantitative estimate of drug-likeness (QED) is 0.925. The zero-order valence-electron chi connectivity index (χ0n) is 12.6. The minimum absolute atomic E-state index is 0.0440. The molecule has 4 nitrogen and oxygen atoms in total. The number of hydrogen-bond donors (Lipinski definition) is 1. The molecule has 1 aromatic carbocycles. The van der Waals surface area contributed by atoms with Crippen LogP contribution in [0.25, 0.3) is 0 Å². The van der Waals surface area contributed by atoms with Crippen molar-refractivity contribution in [1.82, 2.24) is 4.98 Å². The monoisotopic (exact) mass is 281 g/mol. The van der Waals surface area contributed by atoms with Crippen molar-refractivity contribution in [2.24, 2.45) is 5.73 Å². The van der Waals surface area contributed by atoms with Gasteiger partial charge in [-0.15, -0.1) is 0 Å². The lowest BCUT2D eigenvalue weighted by Crippen LogP contribution is -2.10. The summed E-state index contributed by atoms with van der Waals surface area (Å²) in [6.45, 7) is 5.89. The number of nitrogens with two attached hydrogens (primary N) is 1. The molecule has 0 amide bonds. The number of ether oxygens (including phenoxy) is 1. The maximum atomic E-state index is 8.96. The molecule has 108 valence electrons. The summed E-state index contributed by atoms with van der Waals surface area (Å²) >= 11 is 0. The van der Waals surface area contributed by atoms with Gasteiger partial charge in [-0.2, -0.15) is 5.26 Å². The van der Waals surface area contributed by atoms with E-state index in [0.29, 0.717) is 11.3 Å². The average Bonchev–Trinajstić information content (AvgIpc) is 2.50. The van der Waals surface area contributed by atoms with E-state index < -0.39 is 0 Å². The Morgan fingerprint density at radius 1 is 1.29 bits per heavy atom. The normalized spacial score (nSPS) is 11.8. The number of nitrogens with zero attached hydrogens (tertiary/aromatic N) is 2. The first kappa shape index (κ1) is 15.0. The Hall–Kier alpha value is -2.38. The van der Waals surface area contributed by atoms with Crippen molar-refractivity contribution < 1.29 is 4.74 Å². The van der Waals surface area contributed by atoms with Gasteiger partial charge in [0.05, 0.1) is 23.5 Å². The number of nitriles is 1. The van der Waals surface area contributed by atoms with Crippen LogP contribution in [0.15, 0.2) is 30.5 Å². The van der Waals surface area contributed by atoms with Crippen LogP contribution in [0.1, 0.15) is 41.8 Å². The number of benzene rings is 1. The van der Waals surface area contributed by atoms with Crippen molar-refractivity contribution in [2.45, 2.75) is 33.2 Å². The summed E-state index contributed by atoms with van der Waals surface area (Å²) in [4.78, 5) is 4.34. The lowest BCUT2D eigenvalue weighted by Gasteiger charge is -2.13. The third kappa shape index (κ3) is 3.39. The lowest BCUT2D eigenvalue weighted by atomic mass is 10.1. The summed E-state index contributed by atoms with van der Waals surface area (Å²) < 4.78 is 5.90. The van der Waals surface area contributed by atoms with Crippen molar-refractivity contribution in [3.63, 3.8) is 0 Å². The molecule has 0 bridgehead atoms. The van der Waals surface area contributed by atoms with Crippen LogP contribution in [-0.4, -0.2) is 4.98 Å². The van der Waals surface area contributed by atoms with Crippen molar-refractivity contribution in [2.75, 3.05) is 0 Å². The van der Waals surface area contributed by atoms with Crippen LogP contribution >= 0.6 is 0 Å². The third-order valence-corrected chi connectivity index (χ3v) is 3.39. The van der Waals surface area contributed by atoms with Gasteiger partial charge in [-0.25, -0.2) is 0 Å². The van der Waals surface area contributed by atoms with E-state index in [1.54, 1.807) is 6.20 Å². The first-order chi connectivity index (χ1) is 10.0. The molecule has 4 heteroatoms. The molecule has 1 aromatic heterocycles. The van der Waals surface area contributed by atoms with Crippen LogP contribution in [0, 0.1) is 25.2 Å². The molecule has 1 heterocycles. The van der Waals surface area contributed by atoms with Crippen molar-refractivity contribution in [3.8, 4) is 17.6 Å². The summed E-state index contributed by atoms with van der Waals surface area (Å²) in [6, 6.07) is 9.49. The smallest absolute Gasteiger partial charge is 0.145 e. The molecule has 0 unspecified atom stereocenters. The second-order valence-corrected chi connectivity index (χ2v) is 5.09. The molecule has 1 atom stereocenters. The van der Waals surface area contributed by atoms with Gasteiger partial charge in [0, 0.05) is 6.04 Å². The maximum Gasteiger partial charge on any atom is 0.145 e. The number of rotatable bonds is 4. The van der Waals surface area contributed by atoms with Gasteiger partial charge >= 0.3 is 0 Å². The number of aromatic nitrogens is 1. The summed E-state index contributed by atoms with van der Waals surface area (Å²) in [5.74, 6) is 1.43. The molecule has 2 N–H and O–H groups in total. The molecule has 0 saturated heterocycles. The van der Waals surface area contributed by atoms with Crippen LogP contribution in [0.3, 0.4) is 0 Å². The molecule has 2 aromatic rings. The molecule has 0 spiro atoms. The predicted octanol–water partition coefficient (Wildman–Crippen LogP) is 3.77. The molecule has 0 radical (unpaired) electrons. The molecular weight excluding hydrogens is 262 g/mol. The largest absolute Gasteiger partial charge is 0.455 e. The van der Waals surface area contributed by atoms with E-state index in [1.165, 1.54) is 0 Å². The lowest BCUT2D eigenvalue weighted by molar-refractivity contribution is 0.471.